The lowest BCUT2D eigenvalue weighted by atomic mass is 9.88. The molecular weight excluding hydrogens is 516 g/mol. The molecule has 7 nitrogen and oxygen atoms in total. The Bertz CT molecular complexity index is 1740. The number of rotatable bonds is 1. The van der Waals surface area contributed by atoms with E-state index in [0.717, 1.165) is 60.3 Å². The topological polar surface area (TPSA) is 72.4 Å². The number of phenols is 1. The smallest absolute Gasteiger partial charge is 0.212 e. The number of methoxy groups -OCH3 is 1. The number of nitrogens with zero attached hydrogens (tertiary/aromatic N) is 1. The highest BCUT2D eigenvalue weighted by molar-refractivity contribution is 5.88. The van der Waals surface area contributed by atoms with Gasteiger partial charge in [-0.2, -0.15) is 0 Å². The summed E-state index contributed by atoms with van der Waals surface area (Å²) in [4.78, 5) is 2.38. The molecule has 0 amide bonds. The van der Waals surface area contributed by atoms with Gasteiger partial charge in [-0.15, -0.1) is 0 Å². The third kappa shape index (κ3) is 3.99. The molecule has 7 heteroatoms. The van der Waals surface area contributed by atoms with Gasteiger partial charge < -0.3 is 29.4 Å². The Kier molecular flexibility index (Phi) is 5.44. The summed E-state index contributed by atoms with van der Waals surface area (Å²) in [6.07, 6.45) is 4.64. The maximum absolute atomic E-state index is 10.6. The molecule has 1 atom stereocenters. The first-order valence-electron chi connectivity index (χ1n) is 14.1. The first-order chi connectivity index (χ1) is 20.0. The molecule has 0 aliphatic carbocycles. The molecule has 5 heterocycles. The number of fused-ring (bicyclic) bond motifs is 2. The van der Waals surface area contributed by atoms with Crippen LogP contribution in [0.3, 0.4) is 0 Å². The normalized spacial score (nSPS) is 19.5. The van der Waals surface area contributed by atoms with Crippen LogP contribution in [0.4, 0.5) is 0 Å². The van der Waals surface area contributed by atoms with Gasteiger partial charge in [0.05, 0.1) is 7.11 Å². The third-order valence-electron chi connectivity index (χ3n) is 8.61. The molecule has 5 aliphatic heterocycles. The first kappa shape index (κ1) is 24.2. The molecule has 0 aromatic heterocycles. The Hall–Kier alpha value is -4.62. The van der Waals surface area contributed by atoms with Gasteiger partial charge in [0.2, 0.25) is 5.75 Å². The Labute approximate surface area is 238 Å². The van der Waals surface area contributed by atoms with E-state index in [1.165, 1.54) is 11.1 Å². The van der Waals surface area contributed by atoms with E-state index in [0.29, 0.717) is 40.2 Å². The molecule has 206 valence electrons. The van der Waals surface area contributed by atoms with Crippen LogP contribution >= 0.6 is 0 Å². The van der Waals surface area contributed by atoms with E-state index in [-0.39, 0.29) is 11.8 Å². The van der Waals surface area contributed by atoms with Gasteiger partial charge in [-0.3, -0.25) is 4.90 Å². The zero-order valence-corrected chi connectivity index (χ0v) is 23.0. The van der Waals surface area contributed by atoms with E-state index in [2.05, 4.69) is 41.5 Å². The average molecular weight is 547 g/mol. The van der Waals surface area contributed by atoms with Crippen LogP contribution in [0.15, 0.2) is 60.7 Å². The molecule has 0 unspecified atom stereocenters. The summed E-state index contributed by atoms with van der Waals surface area (Å²) >= 11 is 0. The molecule has 0 saturated heterocycles. The fraction of sp³-hybridized carbons (Fsp3) is 0.235. The second-order valence-electron chi connectivity index (χ2n) is 11.1. The number of aromatic hydroxyl groups is 1. The molecule has 5 aliphatic rings. The number of nitrogens with one attached hydrogen (secondary N) is 1. The van der Waals surface area contributed by atoms with Crippen molar-refractivity contribution in [1.82, 2.24) is 10.2 Å². The maximum Gasteiger partial charge on any atom is 0.212 e. The molecule has 0 radical (unpaired) electrons. The number of likely N-dealkylation sites (N-methyl/N-ethyl adjacent to an activating group) is 1. The van der Waals surface area contributed by atoms with Gasteiger partial charge in [0.1, 0.15) is 5.75 Å². The minimum Gasteiger partial charge on any atom is -0.504 e. The second kappa shape index (κ2) is 9.21. The van der Waals surface area contributed by atoms with Gasteiger partial charge in [-0.05, 0) is 103 Å². The van der Waals surface area contributed by atoms with Crippen LogP contribution in [-0.2, 0) is 19.3 Å². The van der Waals surface area contributed by atoms with E-state index in [9.17, 15) is 5.11 Å². The van der Waals surface area contributed by atoms with Crippen LogP contribution in [0.1, 0.15) is 39.4 Å². The lowest BCUT2D eigenvalue weighted by Gasteiger charge is -2.36. The van der Waals surface area contributed by atoms with Gasteiger partial charge in [-0.25, -0.2) is 0 Å². The number of phenolic OH excluding ortho intramolecular Hbond substituents is 1. The fourth-order valence-electron chi connectivity index (χ4n) is 6.44. The quantitative estimate of drug-likeness (QED) is 0.239. The van der Waals surface area contributed by atoms with Crippen molar-refractivity contribution in [1.29, 1.82) is 0 Å². The van der Waals surface area contributed by atoms with Crippen LogP contribution in [0.25, 0.3) is 11.8 Å². The van der Waals surface area contributed by atoms with Crippen molar-refractivity contribution >= 4 is 11.8 Å². The minimum absolute atomic E-state index is 0.119. The van der Waals surface area contributed by atoms with Crippen LogP contribution in [0.2, 0.25) is 0 Å². The van der Waals surface area contributed by atoms with E-state index in [1.807, 2.05) is 36.4 Å². The van der Waals surface area contributed by atoms with Crippen molar-refractivity contribution in [2.45, 2.75) is 25.3 Å². The standard InChI is InChI=1S/C34H30N2O5/c1-36-12-10-21-16-29-30-18-24(21)26(36)14-20-5-8-27(37)28(15-20)39-23-6-3-19(4-7-23)13-25-32-22(9-11-35-25)17-31(38-2)33(40-29)34(32)41-30/h3-8,13,15-18,26,35,37H,9-12,14H2,1-2H3/b25-13+/t26-/m0/s1. The Morgan fingerprint density at radius 3 is 2.56 bits per heavy atom. The van der Waals surface area contributed by atoms with Crippen molar-refractivity contribution in [3.8, 4) is 46.0 Å². The Morgan fingerprint density at radius 2 is 1.71 bits per heavy atom. The molecule has 4 aromatic carbocycles. The molecule has 0 spiro atoms. The van der Waals surface area contributed by atoms with Crippen molar-refractivity contribution in [3.63, 3.8) is 0 Å². The largest absolute Gasteiger partial charge is 0.504 e. The monoisotopic (exact) mass is 546 g/mol. The van der Waals surface area contributed by atoms with Gasteiger partial charge in [0.15, 0.2) is 34.5 Å². The van der Waals surface area contributed by atoms with Crippen LogP contribution in [-0.4, -0.2) is 37.3 Å². The summed E-state index contributed by atoms with van der Waals surface area (Å²) < 4.78 is 25.3. The van der Waals surface area contributed by atoms with Crippen molar-refractivity contribution in [3.05, 3.63) is 94.0 Å². The number of benzene rings is 4. The van der Waals surface area contributed by atoms with Crippen molar-refractivity contribution in [2.24, 2.45) is 0 Å². The first-order valence-corrected chi connectivity index (χ1v) is 14.1. The van der Waals surface area contributed by atoms with E-state index >= 15 is 0 Å². The zero-order chi connectivity index (χ0) is 27.7. The number of hydrogen-bond acceptors (Lipinski definition) is 7. The molecule has 2 N–H and O–H groups in total. The van der Waals surface area contributed by atoms with E-state index < -0.39 is 0 Å². The summed E-state index contributed by atoms with van der Waals surface area (Å²) in [5, 5.41) is 14.2. The maximum atomic E-state index is 10.6. The van der Waals surface area contributed by atoms with Gasteiger partial charge >= 0.3 is 0 Å². The summed E-state index contributed by atoms with van der Waals surface area (Å²) in [5.74, 6) is 4.59. The lowest BCUT2D eigenvalue weighted by Crippen LogP contribution is -2.33. The van der Waals surface area contributed by atoms with Crippen LogP contribution < -0.4 is 24.3 Å². The lowest BCUT2D eigenvalue weighted by molar-refractivity contribution is 0.227. The van der Waals surface area contributed by atoms with Gasteiger partial charge in [0.25, 0.3) is 0 Å². The molecule has 4 aromatic rings. The number of ether oxygens (including phenoxy) is 4. The van der Waals surface area contributed by atoms with E-state index in [4.69, 9.17) is 18.9 Å². The van der Waals surface area contributed by atoms with Crippen molar-refractivity contribution in [2.75, 3.05) is 27.2 Å². The van der Waals surface area contributed by atoms with Crippen molar-refractivity contribution < 1.29 is 24.1 Å². The summed E-state index contributed by atoms with van der Waals surface area (Å²) in [6, 6.07) is 20.0. The predicted octanol–water partition coefficient (Wildman–Crippen LogP) is 6.82. The second-order valence-corrected chi connectivity index (χ2v) is 11.1. The SMILES string of the molecule is COc1cc2c3c4c1Oc1cc5c(cc1O4)[C@H](Cc1ccc(O)c(c1)Oc1ccc(cc1)/C=C\3NCC2)N(C)CC5. The highest BCUT2D eigenvalue weighted by Crippen LogP contribution is 2.55. The Balaban J connectivity index is 1.36. The number of hydrogen-bond donors (Lipinski definition) is 2. The van der Waals surface area contributed by atoms with E-state index in [1.54, 1.807) is 13.2 Å². The molecule has 9 rings (SSSR count). The highest BCUT2D eigenvalue weighted by atomic mass is 16.6. The fourth-order valence-corrected chi connectivity index (χ4v) is 6.44. The third-order valence-corrected chi connectivity index (χ3v) is 8.61. The minimum atomic E-state index is 0.119. The van der Waals surface area contributed by atoms with Gasteiger partial charge in [0, 0.05) is 30.4 Å². The molecule has 41 heavy (non-hydrogen) atoms. The predicted molar refractivity (Wildman–Crippen MR) is 157 cm³/mol. The summed E-state index contributed by atoms with van der Waals surface area (Å²) in [5.41, 5.74) is 7.67. The Morgan fingerprint density at radius 1 is 0.878 bits per heavy atom. The van der Waals surface area contributed by atoms with Crippen LogP contribution in [0.5, 0.6) is 46.0 Å². The van der Waals surface area contributed by atoms with Crippen LogP contribution in [0, 0.1) is 0 Å². The van der Waals surface area contributed by atoms with Gasteiger partial charge in [-0.1, -0.05) is 18.2 Å². The zero-order valence-electron chi connectivity index (χ0n) is 23.0. The molecule has 0 fully saturated rings. The average Bonchev–Trinajstić information content (AvgIpc) is 2.98. The molecular formula is C34H30N2O5. The molecule has 7 bridgehead atoms. The summed E-state index contributed by atoms with van der Waals surface area (Å²) in [6.45, 7) is 1.73. The molecule has 0 saturated carbocycles. The summed E-state index contributed by atoms with van der Waals surface area (Å²) in [7, 11) is 3.84. The highest BCUT2D eigenvalue weighted by Gasteiger charge is 2.34.